The van der Waals surface area contributed by atoms with Gasteiger partial charge in [0.1, 0.15) is 0 Å². The van der Waals surface area contributed by atoms with E-state index < -0.39 is 0 Å². The molecule has 0 radical (unpaired) electrons. The van der Waals surface area contributed by atoms with Crippen molar-refractivity contribution in [2.45, 2.75) is 252 Å². The molecule has 1 heterocycles. The summed E-state index contributed by atoms with van der Waals surface area (Å²) in [6, 6.07) is 0. The lowest BCUT2D eigenvalue weighted by atomic mass is 9.95. The van der Waals surface area contributed by atoms with Crippen LogP contribution < -0.4 is 0 Å². The van der Waals surface area contributed by atoms with Gasteiger partial charge in [0, 0.05) is 25.9 Å². The molecule has 6 heteroatoms. The van der Waals surface area contributed by atoms with E-state index in [1.165, 1.54) is 186 Å². The number of hydrogen-bond acceptors (Lipinski definition) is 6. The molecule has 338 valence electrons. The van der Waals surface area contributed by atoms with Gasteiger partial charge in [-0.05, 0) is 102 Å². The molecule has 6 nitrogen and oxygen atoms in total. The van der Waals surface area contributed by atoms with Crippen LogP contribution in [0.25, 0.3) is 0 Å². The van der Waals surface area contributed by atoms with Crippen LogP contribution >= 0.6 is 0 Å². The smallest absolute Gasteiger partial charge is 0.305 e. The molecule has 1 aliphatic rings. The molecule has 0 aromatic carbocycles. The Labute approximate surface area is 356 Å². The third-order valence-electron chi connectivity index (χ3n) is 12.7. The zero-order chi connectivity index (χ0) is 41.3. The Balaban J connectivity index is 2.37. The van der Waals surface area contributed by atoms with Crippen LogP contribution in [-0.4, -0.2) is 74.2 Å². The van der Waals surface area contributed by atoms with E-state index >= 15 is 0 Å². The standard InChI is InChI=1S/C51H100N2O4/c1-5-9-13-17-20-26-36-48(34-24-16-12-8-4)46-56-50(54)38-28-22-30-40-52(44-45-53-42-32-33-43-53)41-31-23-29-39-51(55)57-47-49(35-25-19-15-11-7-3)37-27-21-18-14-10-6-2/h48-49H,5-47H2,1-4H3. The Morgan fingerprint density at radius 2 is 0.772 bits per heavy atom. The highest BCUT2D eigenvalue weighted by atomic mass is 16.5. The Morgan fingerprint density at radius 1 is 0.439 bits per heavy atom. The summed E-state index contributed by atoms with van der Waals surface area (Å²) in [4.78, 5) is 30.8. The minimum Gasteiger partial charge on any atom is -0.465 e. The molecule has 0 spiro atoms. The second-order valence-electron chi connectivity index (χ2n) is 18.3. The largest absolute Gasteiger partial charge is 0.465 e. The molecule has 2 atom stereocenters. The minimum atomic E-state index is 0.0108. The van der Waals surface area contributed by atoms with E-state index in [1.54, 1.807) is 0 Å². The SMILES string of the molecule is CCCCCCCCC(CCCCCC)COC(=O)CCCCCN(CCCCCC(=O)OCC(CCCCCCC)CCCCCCCC)CCN1CCCC1. The average molecular weight is 805 g/mol. The van der Waals surface area contributed by atoms with E-state index in [-0.39, 0.29) is 11.9 Å². The molecule has 1 saturated heterocycles. The topological polar surface area (TPSA) is 59.1 Å². The number of nitrogens with zero attached hydrogens (tertiary/aromatic N) is 2. The second kappa shape index (κ2) is 41.6. The first-order valence-corrected chi connectivity index (χ1v) is 25.8. The second-order valence-corrected chi connectivity index (χ2v) is 18.3. The van der Waals surface area contributed by atoms with Crippen LogP contribution in [0.2, 0.25) is 0 Å². The first kappa shape index (κ1) is 53.9. The Morgan fingerprint density at radius 3 is 1.16 bits per heavy atom. The Bertz CT molecular complexity index is 862. The van der Waals surface area contributed by atoms with Crippen LogP contribution in [-0.2, 0) is 19.1 Å². The predicted octanol–water partition coefficient (Wildman–Crippen LogP) is 14.7. The number of ether oxygens (including phenoxy) is 2. The van der Waals surface area contributed by atoms with Crippen LogP contribution in [0.3, 0.4) is 0 Å². The van der Waals surface area contributed by atoms with E-state index in [4.69, 9.17) is 9.47 Å². The fourth-order valence-electron chi connectivity index (χ4n) is 8.70. The average Bonchev–Trinajstić information content (AvgIpc) is 3.74. The quantitative estimate of drug-likeness (QED) is 0.0452. The van der Waals surface area contributed by atoms with Crippen molar-refractivity contribution in [3.05, 3.63) is 0 Å². The molecular weight excluding hydrogens is 705 g/mol. The van der Waals surface area contributed by atoms with Crippen LogP contribution in [0.15, 0.2) is 0 Å². The lowest BCUT2D eigenvalue weighted by Gasteiger charge is -2.25. The summed E-state index contributed by atoms with van der Waals surface area (Å²) in [6.45, 7) is 17.3. The van der Waals surface area contributed by atoms with Gasteiger partial charge in [0.25, 0.3) is 0 Å². The van der Waals surface area contributed by atoms with Gasteiger partial charge < -0.3 is 19.3 Å². The zero-order valence-corrected chi connectivity index (χ0v) is 39.1. The van der Waals surface area contributed by atoms with Gasteiger partial charge in [0.2, 0.25) is 0 Å². The van der Waals surface area contributed by atoms with Gasteiger partial charge in [-0.3, -0.25) is 9.59 Å². The summed E-state index contributed by atoms with van der Waals surface area (Å²) in [5.41, 5.74) is 0. The van der Waals surface area contributed by atoms with Crippen molar-refractivity contribution in [2.75, 3.05) is 52.5 Å². The van der Waals surface area contributed by atoms with Crippen molar-refractivity contribution in [1.29, 1.82) is 0 Å². The minimum absolute atomic E-state index is 0.0108. The molecule has 2 unspecified atom stereocenters. The van der Waals surface area contributed by atoms with E-state index in [0.717, 1.165) is 64.7 Å². The summed E-state index contributed by atoms with van der Waals surface area (Å²) in [6.07, 6.45) is 42.6. The van der Waals surface area contributed by atoms with Crippen LogP contribution in [0, 0.1) is 11.8 Å². The first-order valence-electron chi connectivity index (χ1n) is 25.8. The fourth-order valence-corrected chi connectivity index (χ4v) is 8.70. The van der Waals surface area contributed by atoms with Gasteiger partial charge in [0.05, 0.1) is 13.2 Å². The highest BCUT2D eigenvalue weighted by Crippen LogP contribution is 2.22. The van der Waals surface area contributed by atoms with Crippen molar-refractivity contribution in [3.8, 4) is 0 Å². The third kappa shape index (κ3) is 35.3. The molecule has 1 rings (SSSR count). The first-order chi connectivity index (χ1) is 28.0. The number of likely N-dealkylation sites (tertiary alicyclic amines) is 1. The molecule has 0 saturated carbocycles. The summed E-state index contributed by atoms with van der Waals surface area (Å²) in [5.74, 6) is 1.10. The van der Waals surface area contributed by atoms with Crippen molar-refractivity contribution in [3.63, 3.8) is 0 Å². The summed E-state index contributed by atoms with van der Waals surface area (Å²) >= 11 is 0. The maximum Gasteiger partial charge on any atom is 0.305 e. The normalized spacial score (nSPS) is 14.4. The number of esters is 2. The third-order valence-corrected chi connectivity index (χ3v) is 12.7. The van der Waals surface area contributed by atoms with Crippen LogP contribution in [0.4, 0.5) is 0 Å². The zero-order valence-electron chi connectivity index (χ0n) is 39.1. The molecule has 0 amide bonds. The van der Waals surface area contributed by atoms with E-state index in [9.17, 15) is 9.59 Å². The molecule has 0 aliphatic carbocycles. The molecule has 0 aromatic heterocycles. The Kier molecular flexibility index (Phi) is 39.3. The van der Waals surface area contributed by atoms with Gasteiger partial charge in [-0.15, -0.1) is 0 Å². The lowest BCUT2D eigenvalue weighted by Crippen LogP contribution is -2.35. The summed E-state index contributed by atoms with van der Waals surface area (Å²) in [7, 11) is 0. The number of unbranched alkanes of at least 4 members (excludes halogenated alkanes) is 21. The molecule has 1 aliphatic heterocycles. The van der Waals surface area contributed by atoms with Crippen molar-refractivity contribution >= 4 is 11.9 Å². The van der Waals surface area contributed by atoms with Gasteiger partial charge in [-0.1, -0.05) is 175 Å². The van der Waals surface area contributed by atoms with E-state index in [0.29, 0.717) is 37.9 Å². The van der Waals surface area contributed by atoms with Gasteiger partial charge in [-0.2, -0.15) is 0 Å². The molecule has 57 heavy (non-hydrogen) atoms. The van der Waals surface area contributed by atoms with Crippen molar-refractivity contribution < 1.29 is 19.1 Å². The number of carbonyl (C=O) groups excluding carboxylic acids is 2. The van der Waals surface area contributed by atoms with Crippen LogP contribution in [0.5, 0.6) is 0 Å². The summed E-state index contributed by atoms with van der Waals surface area (Å²) in [5, 5.41) is 0. The molecular formula is C51H100N2O4. The number of rotatable bonds is 44. The van der Waals surface area contributed by atoms with Crippen molar-refractivity contribution in [2.24, 2.45) is 11.8 Å². The molecule has 1 fully saturated rings. The van der Waals surface area contributed by atoms with Crippen LogP contribution in [0.1, 0.15) is 252 Å². The maximum atomic E-state index is 12.8. The molecule has 0 N–H and O–H groups in total. The van der Waals surface area contributed by atoms with Gasteiger partial charge in [-0.25, -0.2) is 0 Å². The van der Waals surface area contributed by atoms with Gasteiger partial charge in [0.15, 0.2) is 0 Å². The molecule has 0 bridgehead atoms. The molecule has 0 aromatic rings. The Hall–Kier alpha value is -1.14. The predicted molar refractivity (Wildman–Crippen MR) is 246 cm³/mol. The highest BCUT2D eigenvalue weighted by molar-refractivity contribution is 5.69. The number of carbonyl (C=O) groups is 2. The summed E-state index contributed by atoms with van der Waals surface area (Å²) < 4.78 is 11.8. The van der Waals surface area contributed by atoms with E-state index in [2.05, 4.69) is 37.5 Å². The lowest BCUT2D eigenvalue weighted by molar-refractivity contribution is -0.146. The maximum absolute atomic E-state index is 12.8. The van der Waals surface area contributed by atoms with Gasteiger partial charge >= 0.3 is 11.9 Å². The highest BCUT2D eigenvalue weighted by Gasteiger charge is 2.16. The number of hydrogen-bond donors (Lipinski definition) is 0. The monoisotopic (exact) mass is 805 g/mol. The van der Waals surface area contributed by atoms with Crippen molar-refractivity contribution in [1.82, 2.24) is 9.80 Å². The fraction of sp³-hybridized carbons (Fsp3) is 0.961. The van der Waals surface area contributed by atoms with E-state index in [1.807, 2.05) is 0 Å².